The van der Waals surface area contributed by atoms with E-state index < -0.39 is 0 Å². The number of aryl methyl sites for hydroxylation is 1. The Morgan fingerprint density at radius 3 is 2.68 bits per heavy atom. The van der Waals surface area contributed by atoms with Gasteiger partial charge in [0.25, 0.3) is 0 Å². The fraction of sp³-hybridized carbons (Fsp3) is 0.100. The maximum Gasteiger partial charge on any atom is 0.310 e. The number of hydrogen-bond donors (Lipinski definition) is 1. The Bertz CT molecular complexity index is 1050. The summed E-state index contributed by atoms with van der Waals surface area (Å²) in [5, 5.41) is 10.7. The van der Waals surface area contributed by atoms with Gasteiger partial charge in [-0.1, -0.05) is 35.4 Å². The van der Waals surface area contributed by atoms with Crippen molar-refractivity contribution >= 4 is 34.6 Å². The maximum atomic E-state index is 10.2. The maximum absolute atomic E-state index is 10.2. The number of nitrogens with zero attached hydrogens (tertiary/aromatic N) is 2. The van der Waals surface area contributed by atoms with Crippen LogP contribution in [0.15, 0.2) is 51.9 Å². The summed E-state index contributed by atoms with van der Waals surface area (Å²) in [6.07, 6.45) is 1.79. The topological polar surface area (TPSA) is 58.6 Å². The molecular formula is C20H15ClN2O2. The molecule has 124 valence electrons. The van der Waals surface area contributed by atoms with Crippen molar-refractivity contribution in [1.29, 1.82) is 0 Å². The van der Waals surface area contributed by atoms with Crippen LogP contribution in [0.4, 0.5) is 5.69 Å². The first-order chi connectivity index (χ1) is 12.0. The molecule has 0 amide bonds. The Morgan fingerprint density at radius 1 is 1.08 bits per heavy atom. The Labute approximate surface area is 150 Å². The molecule has 0 spiro atoms. The van der Waals surface area contributed by atoms with Crippen LogP contribution < -0.4 is 0 Å². The molecule has 1 N–H and O–H groups in total. The lowest BCUT2D eigenvalue weighted by Crippen LogP contribution is -1.91. The number of hydrogen-bond acceptors (Lipinski definition) is 4. The van der Waals surface area contributed by atoms with E-state index in [0.29, 0.717) is 16.3 Å². The van der Waals surface area contributed by atoms with E-state index in [1.165, 1.54) is 0 Å². The van der Waals surface area contributed by atoms with Crippen molar-refractivity contribution in [3.63, 3.8) is 0 Å². The predicted molar refractivity (Wildman–Crippen MR) is 100 cm³/mol. The second-order valence-corrected chi connectivity index (χ2v) is 6.37. The third-order valence-corrected chi connectivity index (χ3v) is 4.47. The normalized spacial score (nSPS) is 14.7. The number of allylic oxidation sites excluding steroid dienone is 1. The van der Waals surface area contributed by atoms with Crippen molar-refractivity contribution < 1.29 is 9.52 Å². The van der Waals surface area contributed by atoms with Crippen LogP contribution in [-0.2, 0) is 0 Å². The molecule has 4 rings (SSSR count). The summed E-state index contributed by atoms with van der Waals surface area (Å²) in [7, 11) is 0. The van der Waals surface area contributed by atoms with E-state index in [2.05, 4.69) is 16.0 Å². The van der Waals surface area contributed by atoms with Gasteiger partial charge < -0.3 is 9.52 Å². The lowest BCUT2D eigenvalue weighted by molar-refractivity contribution is 0.336. The van der Waals surface area contributed by atoms with Gasteiger partial charge in [-0.2, -0.15) is 0 Å². The Morgan fingerprint density at radius 2 is 1.88 bits per heavy atom. The first-order valence-corrected chi connectivity index (χ1v) is 8.24. The van der Waals surface area contributed by atoms with E-state index in [0.717, 1.165) is 28.1 Å². The van der Waals surface area contributed by atoms with Crippen LogP contribution >= 0.6 is 11.6 Å². The van der Waals surface area contributed by atoms with Crippen LogP contribution in [0.2, 0.25) is 5.02 Å². The highest BCUT2D eigenvalue weighted by Crippen LogP contribution is 2.38. The monoisotopic (exact) mass is 350 g/mol. The van der Waals surface area contributed by atoms with E-state index in [1.54, 1.807) is 18.2 Å². The van der Waals surface area contributed by atoms with Crippen molar-refractivity contribution in [1.82, 2.24) is 4.98 Å². The number of aromatic hydroxyl groups is 1. The molecule has 0 fully saturated rings. The Hall–Kier alpha value is -2.85. The highest BCUT2D eigenvalue weighted by molar-refractivity contribution is 6.33. The molecule has 0 aliphatic carbocycles. The van der Waals surface area contributed by atoms with Gasteiger partial charge in [0.1, 0.15) is 5.69 Å². The molecule has 5 heteroatoms. The molecule has 2 aromatic carbocycles. The van der Waals surface area contributed by atoms with Crippen molar-refractivity contribution in [2.45, 2.75) is 13.8 Å². The molecular weight excluding hydrogens is 336 g/mol. The zero-order valence-electron chi connectivity index (χ0n) is 13.7. The molecule has 2 heterocycles. The van der Waals surface area contributed by atoms with Gasteiger partial charge in [-0.15, -0.1) is 0 Å². The Kier molecular flexibility index (Phi) is 3.70. The van der Waals surface area contributed by atoms with Crippen LogP contribution in [-0.4, -0.2) is 15.8 Å². The van der Waals surface area contributed by atoms with Gasteiger partial charge in [-0.3, -0.25) is 4.99 Å². The van der Waals surface area contributed by atoms with Crippen molar-refractivity contribution in [2.75, 3.05) is 0 Å². The quantitative estimate of drug-likeness (QED) is 0.649. The fourth-order valence-electron chi connectivity index (χ4n) is 2.89. The average Bonchev–Trinajstić information content (AvgIpc) is 3.09. The molecule has 4 nitrogen and oxygen atoms in total. The molecule has 1 aliphatic heterocycles. The van der Waals surface area contributed by atoms with Crippen LogP contribution in [0.25, 0.3) is 23.1 Å². The van der Waals surface area contributed by atoms with Crippen LogP contribution in [0.1, 0.15) is 23.7 Å². The van der Waals surface area contributed by atoms with Gasteiger partial charge in [-0.05, 0) is 44.2 Å². The summed E-state index contributed by atoms with van der Waals surface area (Å²) in [6.45, 7) is 3.97. The number of halogens is 1. The zero-order chi connectivity index (χ0) is 17.6. The number of aromatic nitrogens is 1. The van der Waals surface area contributed by atoms with Gasteiger partial charge in [0.2, 0.25) is 5.89 Å². The lowest BCUT2D eigenvalue weighted by atomic mass is 10.0. The SMILES string of the molecule is CC1=Nc2ccc(C)cc2/C1=C/c1nc(-c2ccccc2Cl)oc1O. The van der Waals surface area contributed by atoms with Crippen molar-refractivity contribution in [3.05, 3.63) is 64.3 Å². The molecule has 1 aromatic heterocycles. The second-order valence-electron chi connectivity index (χ2n) is 5.97. The summed E-state index contributed by atoms with van der Waals surface area (Å²) < 4.78 is 5.41. The van der Waals surface area contributed by atoms with Crippen LogP contribution in [0, 0.1) is 6.92 Å². The van der Waals surface area contributed by atoms with Crippen LogP contribution in [0.3, 0.4) is 0 Å². The largest absolute Gasteiger partial charge is 0.479 e. The average molecular weight is 351 g/mol. The summed E-state index contributed by atoms with van der Waals surface area (Å²) in [5.41, 5.74) is 5.89. The Balaban J connectivity index is 1.80. The predicted octanol–water partition coefficient (Wildman–Crippen LogP) is 5.66. The molecule has 0 radical (unpaired) electrons. The molecule has 0 unspecified atom stereocenters. The van der Waals surface area contributed by atoms with E-state index in [1.807, 2.05) is 38.1 Å². The molecule has 1 aliphatic rings. The van der Waals surface area contributed by atoms with E-state index in [4.69, 9.17) is 16.0 Å². The molecule has 25 heavy (non-hydrogen) atoms. The van der Waals surface area contributed by atoms with Gasteiger partial charge in [0, 0.05) is 16.8 Å². The molecule has 0 saturated heterocycles. The van der Waals surface area contributed by atoms with E-state index >= 15 is 0 Å². The molecule has 3 aromatic rings. The minimum Gasteiger partial charge on any atom is -0.479 e. The standard InChI is InChI=1S/C20H15ClN2O2/c1-11-7-8-17-15(9-11)14(12(2)22-17)10-18-20(24)25-19(23-18)13-5-3-4-6-16(13)21/h3-10,24H,1-2H3/b14-10+. The van der Waals surface area contributed by atoms with Gasteiger partial charge in [-0.25, -0.2) is 4.98 Å². The van der Waals surface area contributed by atoms with Gasteiger partial charge in [0.15, 0.2) is 0 Å². The third kappa shape index (κ3) is 2.75. The van der Waals surface area contributed by atoms with Crippen molar-refractivity contribution in [2.24, 2.45) is 4.99 Å². The summed E-state index contributed by atoms with van der Waals surface area (Å²) in [4.78, 5) is 8.97. The smallest absolute Gasteiger partial charge is 0.310 e. The minimum atomic E-state index is -0.240. The number of benzene rings is 2. The fourth-order valence-corrected chi connectivity index (χ4v) is 3.10. The zero-order valence-corrected chi connectivity index (χ0v) is 14.5. The van der Waals surface area contributed by atoms with Crippen LogP contribution in [0.5, 0.6) is 5.95 Å². The van der Waals surface area contributed by atoms with Crippen molar-refractivity contribution in [3.8, 4) is 17.4 Å². The van der Waals surface area contributed by atoms with E-state index in [9.17, 15) is 5.11 Å². The van der Waals surface area contributed by atoms with E-state index in [-0.39, 0.29) is 11.8 Å². The first-order valence-electron chi connectivity index (χ1n) is 7.86. The third-order valence-electron chi connectivity index (χ3n) is 4.14. The first kappa shape index (κ1) is 15.7. The number of fused-ring (bicyclic) bond motifs is 1. The molecule has 0 atom stereocenters. The summed E-state index contributed by atoms with van der Waals surface area (Å²) in [5.74, 6) is 0.0447. The van der Waals surface area contributed by atoms with Gasteiger partial charge in [0.05, 0.1) is 16.3 Å². The number of rotatable bonds is 2. The molecule has 0 bridgehead atoms. The summed E-state index contributed by atoms with van der Waals surface area (Å²) >= 11 is 6.18. The number of aliphatic imine (C=N–C) groups is 1. The summed E-state index contributed by atoms with van der Waals surface area (Å²) in [6, 6.07) is 13.3. The minimum absolute atomic E-state index is 0.240. The molecule has 0 saturated carbocycles. The highest BCUT2D eigenvalue weighted by Gasteiger charge is 2.21. The van der Waals surface area contributed by atoms with Gasteiger partial charge >= 0.3 is 5.95 Å². The lowest BCUT2D eigenvalue weighted by Gasteiger charge is -2.02. The number of oxazole rings is 1. The second kappa shape index (κ2) is 5.90. The highest BCUT2D eigenvalue weighted by atomic mass is 35.5.